The van der Waals surface area contributed by atoms with Crippen LogP contribution in [0.15, 0.2) is 53.4 Å². The van der Waals surface area contributed by atoms with Gasteiger partial charge in [0.1, 0.15) is 13.2 Å². The summed E-state index contributed by atoms with van der Waals surface area (Å²) in [6, 6.07) is 13.3. The Morgan fingerprint density at radius 1 is 1.13 bits per heavy atom. The third-order valence-corrected chi connectivity index (χ3v) is 6.75. The van der Waals surface area contributed by atoms with E-state index in [4.69, 9.17) is 9.47 Å². The number of aliphatic hydroxyl groups excluding tert-OH is 1. The van der Waals surface area contributed by atoms with E-state index in [0.717, 1.165) is 0 Å². The molecule has 160 valence electrons. The van der Waals surface area contributed by atoms with Crippen molar-refractivity contribution in [2.45, 2.75) is 17.4 Å². The summed E-state index contributed by atoms with van der Waals surface area (Å²) in [4.78, 5) is 14.3. The number of hydrogen-bond donors (Lipinski definition) is 2. The van der Waals surface area contributed by atoms with Crippen LogP contribution in [0.2, 0.25) is 0 Å². The lowest BCUT2D eigenvalue weighted by Gasteiger charge is -2.21. The van der Waals surface area contributed by atoms with Crippen molar-refractivity contribution in [1.29, 1.82) is 0 Å². The normalized spacial score (nSPS) is 19.5. The molecule has 2 N–H and O–H groups in total. The molecule has 0 radical (unpaired) electrons. The molecule has 2 aliphatic rings. The van der Waals surface area contributed by atoms with Crippen molar-refractivity contribution >= 4 is 15.9 Å². The molecule has 0 bridgehead atoms. The Morgan fingerprint density at radius 2 is 1.87 bits per heavy atom. The first-order valence-electron chi connectivity index (χ1n) is 9.85. The number of sulfonamides is 1. The van der Waals surface area contributed by atoms with Crippen LogP contribution in [-0.2, 0) is 14.8 Å². The molecule has 4 rings (SSSR count). The molecule has 0 spiro atoms. The first-order valence-corrected chi connectivity index (χ1v) is 11.3. The third-order valence-electron chi connectivity index (χ3n) is 5.33. The number of carbonyl (C=O) groups is 1. The fourth-order valence-electron chi connectivity index (χ4n) is 3.65. The van der Waals surface area contributed by atoms with Crippen LogP contribution in [0.3, 0.4) is 0 Å². The van der Waals surface area contributed by atoms with Gasteiger partial charge in [-0.05, 0) is 30.0 Å². The molecule has 2 aromatic carbocycles. The quantitative estimate of drug-likeness (QED) is 0.713. The minimum absolute atomic E-state index is 0.0242. The fraction of sp³-hybridized carbons (Fsp3) is 0.381. The van der Waals surface area contributed by atoms with Crippen LogP contribution < -0.4 is 14.2 Å². The predicted octanol–water partition coefficient (Wildman–Crippen LogP) is 1.32. The van der Waals surface area contributed by atoms with Gasteiger partial charge in [0, 0.05) is 25.7 Å². The van der Waals surface area contributed by atoms with Gasteiger partial charge in [-0.1, -0.05) is 30.3 Å². The Bertz CT molecular complexity index is 1010. The Labute approximate surface area is 175 Å². The molecular weight excluding hydrogens is 408 g/mol. The van der Waals surface area contributed by atoms with E-state index in [-0.39, 0.29) is 23.3 Å². The van der Waals surface area contributed by atoms with Gasteiger partial charge in [-0.3, -0.25) is 4.79 Å². The number of fused-ring (bicyclic) bond motifs is 1. The highest BCUT2D eigenvalue weighted by Crippen LogP contribution is 2.32. The maximum Gasteiger partial charge on any atom is 0.256 e. The van der Waals surface area contributed by atoms with Crippen LogP contribution in [0.25, 0.3) is 0 Å². The maximum absolute atomic E-state index is 12.7. The summed E-state index contributed by atoms with van der Waals surface area (Å²) in [5.41, 5.74) is 0.547. The summed E-state index contributed by atoms with van der Waals surface area (Å²) in [6.45, 7) is 1.91. The summed E-state index contributed by atoms with van der Waals surface area (Å²) in [7, 11) is -3.72. The van der Waals surface area contributed by atoms with Crippen molar-refractivity contribution < 1.29 is 27.8 Å². The highest BCUT2D eigenvalue weighted by Gasteiger charge is 2.31. The molecule has 0 unspecified atom stereocenters. The zero-order valence-corrected chi connectivity index (χ0v) is 17.2. The van der Waals surface area contributed by atoms with Gasteiger partial charge >= 0.3 is 0 Å². The van der Waals surface area contributed by atoms with Crippen molar-refractivity contribution in [2.75, 3.05) is 32.8 Å². The lowest BCUT2D eigenvalue weighted by molar-refractivity contribution is -0.139. The highest BCUT2D eigenvalue weighted by atomic mass is 32.2. The zero-order valence-electron chi connectivity index (χ0n) is 16.4. The molecule has 1 saturated heterocycles. The van der Waals surface area contributed by atoms with Gasteiger partial charge in [-0.25, -0.2) is 13.1 Å². The number of rotatable bonds is 6. The first kappa shape index (κ1) is 20.6. The SMILES string of the molecule is O=C([C@@H](O)c1ccccc1)N1CC[C@@H](CNS(=O)(=O)c2ccc3c(c2)OCCO3)C1. The van der Waals surface area contributed by atoms with Crippen molar-refractivity contribution in [2.24, 2.45) is 5.92 Å². The second-order valence-corrected chi connectivity index (χ2v) is 9.18. The fourth-order valence-corrected chi connectivity index (χ4v) is 4.78. The number of benzene rings is 2. The lowest BCUT2D eigenvalue weighted by atomic mass is 10.1. The molecule has 2 aliphatic heterocycles. The van der Waals surface area contributed by atoms with Gasteiger partial charge < -0.3 is 19.5 Å². The summed E-state index contributed by atoms with van der Waals surface area (Å²) >= 11 is 0. The first-order chi connectivity index (χ1) is 14.4. The Kier molecular flexibility index (Phi) is 5.94. The zero-order chi connectivity index (χ0) is 21.1. The second kappa shape index (κ2) is 8.63. The van der Waals surface area contributed by atoms with Gasteiger partial charge in [0.2, 0.25) is 10.0 Å². The Morgan fingerprint density at radius 3 is 2.63 bits per heavy atom. The largest absolute Gasteiger partial charge is 0.486 e. The van der Waals surface area contributed by atoms with Crippen molar-refractivity contribution in [3.63, 3.8) is 0 Å². The Hall–Kier alpha value is -2.62. The number of carbonyl (C=O) groups excluding carboxylic acids is 1. The van der Waals surface area contributed by atoms with Crippen molar-refractivity contribution in [1.82, 2.24) is 9.62 Å². The van der Waals surface area contributed by atoms with Gasteiger partial charge in [0.05, 0.1) is 4.90 Å². The molecule has 0 aromatic heterocycles. The number of likely N-dealkylation sites (tertiary alicyclic amines) is 1. The molecule has 1 amide bonds. The van der Waals surface area contributed by atoms with Crippen LogP contribution in [0.1, 0.15) is 18.1 Å². The average molecular weight is 432 g/mol. The molecule has 30 heavy (non-hydrogen) atoms. The second-order valence-electron chi connectivity index (χ2n) is 7.41. The molecule has 9 heteroatoms. The molecule has 8 nitrogen and oxygen atoms in total. The number of nitrogens with one attached hydrogen (secondary N) is 1. The van der Waals surface area contributed by atoms with Crippen LogP contribution in [-0.4, -0.2) is 57.2 Å². The molecule has 1 fully saturated rings. The minimum Gasteiger partial charge on any atom is -0.486 e. The van der Waals surface area contributed by atoms with E-state index in [9.17, 15) is 18.3 Å². The van der Waals surface area contributed by atoms with Crippen molar-refractivity contribution in [3.05, 3.63) is 54.1 Å². The van der Waals surface area contributed by atoms with E-state index in [2.05, 4.69) is 4.72 Å². The van der Waals surface area contributed by atoms with E-state index in [0.29, 0.717) is 49.8 Å². The molecular formula is C21H24N2O6S. The summed E-state index contributed by atoms with van der Waals surface area (Å²) in [5.74, 6) is 0.557. The van der Waals surface area contributed by atoms with Gasteiger partial charge in [-0.15, -0.1) is 0 Å². The van der Waals surface area contributed by atoms with E-state index in [1.54, 1.807) is 35.2 Å². The van der Waals surface area contributed by atoms with Crippen molar-refractivity contribution in [3.8, 4) is 11.5 Å². The molecule has 2 atom stereocenters. The van der Waals surface area contributed by atoms with Crippen LogP contribution in [0, 0.1) is 5.92 Å². The minimum atomic E-state index is -3.72. The monoisotopic (exact) mass is 432 g/mol. The molecule has 2 aromatic rings. The predicted molar refractivity (Wildman–Crippen MR) is 109 cm³/mol. The number of hydrogen-bond acceptors (Lipinski definition) is 6. The molecule has 0 aliphatic carbocycles. The number of nitrogens with zero attached hydrogens (tertiary/aromatic N) is 1. The molecule has 2 heterocycles. The van der Waals surface area contributed by atoms with Gasteiger partial charge in [-0.2, -0.15) is 0 Å². The summed E-state index contributed by atoms with van der Waals surface area (Å²) in [5, 5.41) is 10.3. The van der Waals surface area contributed by atoms with Gasteiger partial charge in [0.15, 0.2) is 17.6 Å². The van der Waals surface area contributed by atoms with E-state index in [1.807, 2.05) is 6.07 Å². The number of ether oxygens (including phenoxy) is 2. The van der Waals surface area contributed by atoms with E-state index < -0.39 is 16.1 Å². The standard InChI is InChI=1S/C21H24N2O6S/c24-20(16-4-2-1-3-5-16)21(25)23-9-8-15(14-23)13-22-30(26,27)17-6-7-18-19(12-17)29-11-10-28-18/h1-7,12,15,20,22,24H,8-11,13-14H2/t15-,20-/m0/s1. The summed E-state index contributed by atoms with van der Waals surface area (Å²) in [6.07, 6.45) is -0.545. The van der Waals surface area contributed by atoms with E-state index in [1.165, 1.54) is 12.1 Å². The lowest BCUT2D eigenvalue weighted by Crippen LogP contribution is -2.35. The van der Waals surface area contributed by atoms with E-state index >= 15 is 0 Å². The van der Waals surface area contributed by atoms with Gasteiger partial charge in [0.25, 0.3) is 5.91 Å². The number of amides is 1. The van der Waals surface area contributed by atoms with Crippen LogP contribution >= 0.6 is 0 Å². The van der Waals surface area contributed by atoms with Crippen LogP contribution in [0.5, 0.6) is 11.5 Å². The maximum atomic E-state index is 12.7. The highest BCUT2D eigenvalue weighted by molar-refractivity contribution is 7.89. The number of aliphatic hydroxyl groups is 1. The average Bonchev–Trinajstić information content (AvgIpc) is 3.26. The molecule has 0 saturated carbocycles. The summed E-state index contributed by atoms with van der Waals surface area (Å²) < 4.78 is 38.8. The van der Waals surface area contributed by atoms with Crippen LogP contribution in [0.4, 0.5) is 0 Å². The Balaban J connectivity index is 1.34. The smallest absolute Gasteiger partial charge is 0.256 e. The topological polar surface area (TPSA) is 105 Å². The third kappa shape index (κ3) is 4.43.